The highest BCUT2D eigenvalue weighted by Crippen LogP contribution is 2.29. The second kappa shape index (κ2) is 6.30. The highest BCUT2D eigenvalue weighted by Gasteiger charge is 2.21. The van der Waals surface area contributed by atoms with Crippen molar-refractivity contribution >= 4 is 11.3 Å². The summed E-state index contributed by atoms with van der Waals surface area (Å²) in [7, 11) is 2.17. The first-order valence-corrected chi connectivity index (χ1v) is 8.26. The van der Waals surface area contributed by atoms with Crippen molar-refractivity contribution in [1.29, 1.82) is 0 Å². The molecule has 2 aromatic rings. The number of nitrogens with zero attached hydrogens (tertiary/aromatic N) is 2. The van der Waals surface area contributed by atoms with E-state index in [2.05, 4.69) is 31.0 Å². The van der Waals surface area contributed by atoms with Gasteiger partial charge in [0.1, 0.15) is 5.76 Å². The molecule has 3 rings (SSSR count). The van der Waals surface area contributed by atoms with Gasteiger partial charge in [-0.2, -0.15) is 0 Å². The van der Waals surface area contributed by atoms with Crippen LogP contribution in [0.25, 0.3) is 10.8 Å². The van der Waals surface area contributed by atoms with Crippen LogP contribution >= 0.6 is 11.3 Å². The SMILES string of the molecule is Cc1ccc(-c2nc(CN(C)C3CCOCC3)c(C)o2)s1. The van der Waals surface area contributed by atoms with Gasteiger partial charge in [0.05, 0.1) is 10.6 Å². The van der Waals surface area contributed by atoms with Gasteiger partial charge in [-0.25, -0.2) is 4.98 Å². The predicted octanol–water partition coefficient (Wildman–Crippen LogP) is 3.63. The van der Waals surface area contributed by atoms with Crippen molar-refractivity contribution in [1.82, 2.24) is 9.88 Å². The molecule has 3 heterocycles. The van der Waals surface area contributed by atoms with Crippen LogP contribution in [-0.2, 0) is 11.3 Å². The van der Waals surface area contributed by atoms with E-state index in [1.165, 1.54) is 4.88 Å². The van der Waals surface area contributed by atoms with Crippen LogP contribution in [0.3, 0.4) is 0 Å². The van der Waals surface area contributed by atoms with E-state index in [0.717, 1.165) is 54.8 Å². The standard InChI is InChI=1S/C16H22N2O2S/c1-11-4-5-15(21-11)16-17-14(12(2)20-16)10-18(3)13-6-8-19-9-7-13/h4-5,13H,6-10H2,1-3H3. The number of hydrogen-bond donors (Lipinski definition) is 0. The molecule has 1 aliphatic rings. The lowest BCUT2D eigenvalue weighted by molar-refractivity contribution is 0.0402. The highest BCUT2D eigenvalue weighted by molar-refractivity contribution is 7.15. The molecule has 0 radical (unpaired) electrons. The van der Waals surface area contributed by atoms with Gasteiger partial charge in [0, 0.05) is 30.7 Å². The molecule has 4 nitrogen and oxygen atoms in total. The van der Waals surface area contributed by atoms with Gasteiger partial charge in [-0.1, -0.05) is 0 Å². The maximum atomic E-state index is 5.85. The van der Waals surface area contributed by atoms with Crippen molar-refractivity contribution in [3.63, 3.8) is 0 Å². The van der Waals surface area contributed by atoms with Crippen molar-refractivity contribution in [2.75, 3.05) is 20.3 Å². The van der Waals surface area contributed by atoms with E-state index >= 15 is 0 Å². The number of aryl methyl sites for hydroxylation is 2. The van der Waals surface area contributed by atoms with E-state index in [9.17, 15) is 0 Å². The summed E-state index contributed by atoms with van der Waals surface area (Å²) < 4.78 is 11.3. The van der Waals surface area contributed by atoms with E-state index < -0.39 is 0 Å². The molecule has 0 aliphatic carbocycles. The summed E-state index contributed by atoms with van der Waals surface area (Å²) in [6.07, 6.45) is 2.20. The van der Waals surface area contributed by atoms with E-state index in [1.807, 2.05) is 6.92 Å². The van der Waals surface area contributed by atoms with Crippen LogP contribution in [0, 0.1) is 13.8 Å². The second-order valence-electron chi connectivity index (χ2n) is 5.69. The Labute approximate surface area is 129 Å². The van der Waals surface area contributed by atoms with Gasteiger partial charge in [-0.05, 0) is 45.9 Å². The number of rotatable bonds is 4. The van der Waals surface area contributed by atoms with Gasteiger partial charge in [-0.15, -0.1) is 11.3 Å². The highest BCUT2D eigenvalue weighted by atomic mass is 32.1. The third-order valence-electron chi connectivity index (χ3n) is 4.06. The van der Waals surface area contributed by atoms with Crippen molar-refractivity contribution in [3.8, 4) is 10.8 Å². The first-order chi connectivity index (χ1) is 10.1. The fourth-order valence-corrected chi connectivity index (χ4v) is 3.51. The molecule has 114 valence electrons. The molecular formula is C16H22N2O2S. The van der Waals surface area contributed by atoms with E-state index in [4.69, 9.17) is 14.1 Å². The maximum absolute atomic E-state index is 5.85. The average Bonchev–Trinajstić information content (AvgIpc) is 3.07. The second-order valence-corrected chi connectivity index (χ2v) is 6.98. The van der Waals surface area contributed by atoms with Gasteiger partial charge < -0.3 is 9.15 Å². The fourth-order valence-electron chi connectivity index (χ4n) is 2.72. The van der Waals surface area contributed by atoms with Crippen LogP contribution in [0.15, 0.2) is 16.5 Å². The number of aromatic nitrogens is 1. The predicted molar refractivity (Wildman–Crippen MR) is 84.6 cm³/mol. The summed E-state index contributed by atoms with van der Waals surface area (Å²) in [6, 6.07) is 4.77. The molecule has 0 aromatic carbocycles. The summed E-state index contributed by atoms with van der Waals surface area (Å²) in [4.78, 5) is 9.46. The smallest absolute Gasteiger partial charge is 0.236 e. The van der Waals surface area contributed by atoms with Gasteiger partial charge >= 0.3 is 0 Å². The molecule has 21 heavy (non-hydrogen) atoms. The summed E-state index contributed by atoms with van der Waals surface area (Å²) in [5.74, 6) is 1.68. The van der Waals surface area contributed by atoms with Gasteiger partial charge in [-0.3, -0.25) is 4.90 Å². The Balaban J connectivity index is 1.72. The molecule has 1 saturated heterocycles. The normalized spacial score (nSPS) is 16.8. The Hall–Kier alpha value is -1.17. The number of hydrogen-bond acceptors (Lipinski definition) is 5. The Bertz CT molecular complexity index is 599. The minimum atomic E-state index is 0.585. The van der Waals surface area contributed by atoms with Crippen molar-refractivity contribution in [2.45, 2.75) is 39.3 Å². The zero-order chi connectivity index (χ0) is 14.8. The van der Waals surface area contributed by atoms with E-state index in [-0.39, 0.29) is 0 Å². The summed E-state index contributed by atoms with van der Waals surface area (Å²) in [6.45, 7) is 6.68. The minimum absolute atomic E-state index is 0.585. The van der Waals surface area contributed by atoms with Gasteiger partial charge in [0.15, 0.2) is 0 Å². The third kappa shape index (κ3) is 3.36. The van der Waals surface area contributed by atoms with Crippen LogP contribution in [0.2, 0.25) is 0 Å². The lowest BCUT2D eigenvalue weighted by Crippen LogP contribution is -2.36. The number of ether oxygens (including phenoxy) is 1. The third-order valence-corrected chi connectivity index (χ3v) is 5.05. The molecule has 0 spiro atoms. The molecule has 1 aliphatic heterocycles. The molecule has 0 saturated carbocycles. The van der Waals surface area contributed by atoms with Crippen molar-refractivity contribution in [2.24, 2.45) is 0 Å². The fraction of sp³-hybridized carbons (Fsp3) is 0.562. The van der Waals surface area contributed by atoms with Crippen LogP contribution in [0.4, 0.5) is 0 Å². The topological polar surface area (TPSA) is 38.5 Å². The molecule has 1 fully saturated rings. The molecule has 2 aromatic heterocycles. The quantitative estimate of drug-likeness (QED) is 0.864. The molecule has 0 bridgehead atoms. The molecule has 0 N–H and O–H groups in total. The first kappa shape index (κ1) is 14.8. The van der Waals surface area contributed by atoms with Gasteiger partial charge in [0.25, 0.3) is 0 Å². The largest absolute Gasteiger partial charge is 0.440 e. The number of oxazole rings is 1. The molecule has 0 unspecified atom stereocenters. The Morgan fingerprint density at radius 1 is 1.29 bits per heavy atom. The Morgan fingerprint density at radius 2 is 2.05 bits per heavy atom. The molecule has 0 atom stereocenters. The average molecular weight is 306 g/mol. The van der Waals surface area contributed by atoms with Crippen molar-refractivity contribution in [3.05, 3.63) is 28.5 Å². The zero-order valence-electron chi connectivity index (χ0n) is 12.9. The summed E-state index contributed by atoms with van der Waals surface area (Å²) in [5.41, 5.74) is 1.05. The summed E-state index contributed by atoms with van der Waals surface area (Å²) in [5, 5.41) is 0. The van der Waals surface area contributed by atoms with E-state index in [1.54, 1.807) is 11.3 Å². The van der Waals surface area contributed by atoms with Gasteiger partial charge in [0.2, 0.25) is 5.89 Å². The monoisotopic (exact) mass is 306 g/mol. The Morgan fingerprint density at radius 3 is 2.71 bits per heavy atom. The van der Waals surface area contributed by atoms with E-state index in [0.29, 0.717) is 6.04 Å². The summed E-state index contributed by atoms with van der Waals surface area (Å²) >= 11 is 1.72. The molecule has 5 heteroatoms. The minimum Gasteiger partial charge on any atom is -0.440 e. The van der Waals surface area contributed by atoms with Crippen LogP contribution in [-0.4, -0.2) is 36.2 Å². The van der Waals surface area contributed by atoms with Crippen LogP contribution in [0.5, 0.6) is 0 Å². The lowest BCUT2D eigenvalue weighted by Gasteiger charge is -2.30. The zero-order valence-corrected chi connectivity index (χ0v) is 13.7. The first-order valence-electron chi connectivity index (χ1n) is 7.44. The number of thiophene rings is 1. The molecular weight excluding hydrogens is 284 g/mol. The maximum Gasteiger partial charge on any atom is 0.236 e. The lowest BCUT2D eigenvalue weighted by atomic mass is 10.1. The van der Waals surface area contributed by atoms with Crippen LogP contribution < -0.4 is 0 Å². The Kier molecular flexibility index (Phi) is 4.42. The van der Waals surface area contributed by atoms with Crippen LogP contribution in [0.1, 0.15) is 29.2 Å². The van der Waals surface area contributed by atoms with Crippen molar-refractivity contribution < 1.29 is 9.15 Å². The molecule has 0 amide bonds.